The number of H-pyrrole nitrogens is 3. The summed E-state index contributed by atoms with van der Waals surface area (Å²) in [5.74, 6) is 0. The number of aromatic nitrogens is 4. The van der Waals surface area contributed by atoms with Gasteiger partial charge in [0, 0.05) is 0 Å². The standard InChI is InChI=1S/C8H6N4O/c13-8-11-5-2-1-4-6(5)7(12-8)10-3-9-4/h1-3H,(H,9,10)(H2,11,12,13). The van der Waals surface area contributed by atoms with Crippen LogP contribution in [0, 0.1) is 0 Å². The Labute approximate surface area is 71.8 Å². The average molecular weight is 174 g/mol. The number of nitrogens with one attached hydrogen (secondary N) is 3. The summed E-state index contributed by atoms with van der Waals surface area (Å²) in [6, 6.07) is 3.76. The number of rotatable bonds is 0. The second-order valence-electron chi connectivity index (χ2n) is 2.87. The van der Waals surface area contributed by atoms with Gasteiger partial charge >= 0.3 is 5.69 Å². The molecule has 0 saturated carbocycles. The van der Waals surface area contributed by atoms with Gasteiger partial charge in [-0.2, -0.15) is 0 Å². The third-order valence-electron chi connectivity index (χ3n) is 2.09. The minimum absolute atomic E-state index is 0.237. The van der Waals surface area contributed by atoms with Gasteiger partial charge in [0.1, 0.15) is 5.65 Å². The molecule has 0 unspecified atom stereocenters. The highest BCUT2D eigenvalue weighted by molar-refractivity contribution is 6.04. The first-order chi connectivity index (χ1) is 6.34. The molecule has 5 heteroatoms. The van der Waals surface area contributed by atoms with Crippen molar-refractivity contribution in [1.29, 1.82) is 0 Å². The SMILES string of the molecule is O=c1[nH]c2ccc3[nH]cnc([nH]1)c32. The van der Waals surface area contributed by atoms with Crippen molar-refractivity contribution in [3.05, 3.63) is 28.9 Å². The Bertz CT molecular complexity index is 630. The molecular weight excluding hydrogens is 168 g/mol. The lowest BCUT2D eigenvalue weighted by Crippen LogP contribution is -2.09. The molecule has 0 spiro atoms. The van der Waals surface area contributed by atoms with Crippen molar-refractivity contribution in [3.8, 4) is 0 Å². The fraction of sp³-hybridized carbons (Fsp3) is 0. The normalized spacial score (nSPS) is 11.4. The van der Waals surface area contributed by atoms with Crippen LogP contribution in [0.2, 0.25) is 0 Å². The molecule has 0 aliphatic heterocycles. The molecule has 0 bridgehead atoms. The van der Waals surface area contributed by atoms with E-state index in [9.17, 15) is 4.79 Å². The summed E-state index contributed by atoms with van der Waals surface area (Å²) in [4.78, 5) is 23.4. The van der Waals surface area contributed by atoms with Crippen molar-refractivity contribution in [3.63, 3.8) is 0 Å². The Morgan fingerprint density at radius 2 is 2.00 bits per heavy atom. The molecule has 0 atom stereocenters. The molecule has 3 aromatic rings. The number of hydrogen-bond donors (Lipinski definition) is 3. The van der Waals surface area contributed by atoms with E-state index in [0.717, 1.165) is 16.4 Å². The largest absolute Gasteiger partial charge is 0.346 e. The van der Waals surface area contributed by atoms with Gasteiger partial charge in [0.25, 0.3) is 0 Å². The van der Waals surface area contributed by atoms with Crippen LogP contribution in [0.1, 0.15) is 0 Å². The molecule has 3 N–H and O–H groups in total. The molecule has 0 radical (unpaired) electrons. The Balaban J connectivity index is 2.78. The first-order valence-corrected chi connectivity index (χ1v) is 3.89. The zero-order chi connectivity index (χ0) is 8.84. The van der Waals surface area contributed by atoms with Crippen LogP contribution in [0.4, 0.5) is 0 Å². The molecule has 2 aromatic heterocycles. The summed E-state index contributed by atoms with van der Waals surface area (Å²) in [6.45, 7) is 0. The summed E-state index contributed by atoms with van der Waals surface area (Å²) in [7, 11) is 0. The van der Waals surface area contributed by atoms with E-state index in [2.05, 4.69) is 19.9 Å². The van der Waals surface area contributed by atoms with Crippen LogP contribution in [-0.2, 0) is 0 Å². The van der Waals surface area contributed by atoms with Crippen LogP contribution >= 0.6 is 0 Å². The highest BCUT2D eigenvalue weighted by atomic mass is 16.1. The molecule has 64 valence electrons. The van der Waals surface area contributed by atoms with Crippen molar-refractivity contribution in [2.75, 3.05) is 0 Å². The van der Waals surface area contributed by atoms with Crippen LogP contribution in [0.3, 0.4) is 0 Å². The van der Waals surface area contributed by atoms with Crippen LogP contribution in [-0.4, -0.2) is 19.9 Å². The third kappa shape index (κ3) is 0.752. The zero-order valence-corrected chi connectivity index (χ0v) is 6.59. The lowest BCUT2D eigenvalue weighted by molar-refractivity contribution is 1.11. The highest BCUT2D eigenvalue weighted by Gasteiger charge is 2.04. The molecule has 3 rings (SSSR count). The van der Waals surface area contributed by atoms with E-state index in [1.807, 2.05) is 12.1 Å². The van der Waals surface area contributed by atoms with Gasteiger partial charge in [0.2, 0.25) is 0 Å². The van der Waals surface area contributed by atoms with Gasteiger partial charge in [-0.1, -0.05) is 0 Å². The quantitative estimate of drug-likeness (QED) is 0.470. The summed E-state index contributed by atoms with van der Waals surface area (Å²) in [5.41, 5.74) is 2.14. The van der Waals surface area contributed by atoms with E-state index in [1.54, 1.807) is 6.33 Å². The smallest absolute Gasteiger partial charge is 0.324 e. The second kappa shape index (κ2) is 2.01. The van der Waals surface area contributed by atoms with Crippen molar-refractivity contribution in [1.82, 2.24) is 19.9 Å². The van der Waals surface area contributed by atoms with E-state index in [0.29, 0.717) is 5.65 Å². The summed E-state index contributed by atoms with van der Waals surface area (Å²) in [5, 5.41) is 0.933. The van der Waals surface area contributed by atoms with Crippen molar-refractivity contribution in [2.45, 2.75) is 0 Å². The molecule has 0 aliphatic rings. The zero-order valence-electron chi connectivity index (χ0n) is 6.59. The van der Waals surface area contributed by atoms with Crippen LogP contribution in [0.25, 0.3) is 22.1 Å². The van der Waals surface area contributed by atoms with Crippen LogP contribution in [0.5, 0.6) is 0 Å². The molecule has 5 nitrogen and oxygen atoms in total. The van der Waals surface area contributed by atoms with E-state index in [-0.39, 0.29) is 5.69 Å². The molecule has 13 heavy (non-hydrogen) atoms. The monoisotopic (exact) mass is 174 g/mol. The van der Waals surface area contributed by atoms with Gasteiger partial charge in [-0.25, -0.2) is 9.78 Å². The third-order valence-corrected chi connectivity index (χ3v) is 2.09. The Morgan fingerprint density at radius 1 is 1.15 bits per heavy atom. The number of nitrogens with zero attached hydrogens (tertiary/aromatic N) is 1. The topological polar surface area (TPSA) is 77.3 Å². The first kappa shape index (κ1) is 6.47. The molecule has 2 heterocycles. The summed E-state index contributed by atoms with van der Waals surface area (Å²) in [6.07, 6.45) is 1.56. The van der Waals surface area contributed by atoms with Crippen LogP contribution < -0.4 is 5.69 Å². The maximum absolute atomic E-state index is 11.1. The lowest BCUT2D eigenvalue weighted by Gasteiger charge is -1.96. The number of aromatic amines is 3. The second-order valence-corrected chi connectivity index (χ2v) is 2.87. The predicted octanol–water partition coefficient (Wildman–Crippen LogP) is 0.732. The van der Waals surface area contributed by atoms with Gasteiger partial charge < -0.3 is 9.97 Å². The Hall–Kier alpha value is -2.04. The molecule has 1 aromatic carbocycles. The maximum atomic E-state index is 11.1. The van der Waals surface area contributed by atoms with E-state index < -0.39 is 0 Å². The van der Waals surface area contributed by atoms with Gasteiger partial charge in [0.05, 0.1) is 22.7 Å². The minimum Gasteiger partial charge on any atom is -0.346 e. The highest BCUT2D eigenvalue weighted by Crippen LogP contribution is 2.19. The number of hydrogen-bond acceptors (Lipinski definition) is 2. The fourth-order valence-electron chi connectivity index (χ4n) is 1.54. The minimum atomic E-state index is -0.237. The van der Waals surface area contributed by atoms with Gasteiger partial charge in [0.15, 0.2) is 0 Å². The Morgan fingerprint density at radius 3 is 2.92 bits per heavy atom. The average Bonchev–Trinajstić information content (AvgIpc) is 2.50. The first-order valence-electron chi connectivity index (χ1n) is 3.89. The molecular formula is C8H6N4O. The van der Waals surface area contributed by atoms with Crippen molar-refractivity contribution in [2.24, 2.45) is 0 Å². The lowest BCUT2D eigenvalue weighted by atomic mass is 10.3. The maximum Gasteiger partial charge on any atom is 0.324 e. The van der Waals surface area contributed by atoms with E-state index >= 15 is 0 Å². The summed E-state index contributed by atoms with van der Waals surface area (Å²) < 4.78 is 0. The summed E-state index contributed by atoms with van der Waals surface area (Å²) >= 11 is 0. The molecule has 0 aliphatic carbocycles. The Kier molecular flexibility index (Phi) is 0.999. The molecule has 0 saturated heterocycles. The van der Waals surface area contributed by atoms with E-state index in [4.69, 9.17) is 0 Å². The van der Waals surface area contributed by atoms with Gasteiger partial charge in [-0.05, 0) is 12.1 Å². The predicted molar refractivity (Wildman–Crippen MR) is 48.6 cm³/mol. The molecule has 0 amide bonds. The van der Waals surface area contributed by atoms with E-state index in [1.165, 1.54) is 0 Å². The van der Waals surface area contributed by atoms with Gasteiger partial charge in [-0.3, -0.25) is 4.98 Å². The van der Waals surface area contributed by atoms with Crippen molar-refractivity contribution < 1.29 is 0 Å². The van der Waals surface area contributed by atoms with Crippen molar-refractivity contribution >= 4 is 22.1 Å². The van der Waals surface area contributed by atoms with Gasteiger partial charge in [-0.15, -0.1) is 0 Å². The fourth-order valence-corrected chi connectivity index (χ4v) is 1.54. The molecule has 0 fully saturated rings. The van der Waals surface area contributed by atoms with Crippen LogP contribution in [0.15, 0.2) is 23.3 Å².